The average molecular weight is 446 g/mol. The third-order valence-corrected chi connectivity index (χ3v) is 4.91. The average Bonchev–Trinajstić information content (AvgIpc) is 3.19. The van der Waals surface area contributed by atoms with Crippen molar-refractivity contribution >= 4 is 34.8 Å². The van der Waals surface area contributed by atoms with Crippen LogP contribution in [0.25, 0.3) is 0 Å². The third-order valence-electron chi connectivity index (χ3n) is 4.23. The highest BCUT2D eigenvalue weighted by molar-refractivity contribution is 6.32. The van der Waals surface area contributed by atoms with E-state index < -0.39 is 28.8 Å². The molecule has 6 nitrogen and oxygen atoms in total. The molecule has 0 spiro atoms. The minimum absolute atomic E-state index is 0.0540. The second-order valence-electron chi connectivity index (χ2n) is 6.41. The molecule has 3 rings (SSSR count). The fraction of sp³-hybridized carbons (Fsp3) is 0.278. The minimum atomic E-state index is -4.70. The number of aromatic nitrogens is 4. The van der Waals surface area contributed by atoms with E-state index in [1.807, 2.05) is 12.1 Å². The Morgan fingerprint density at radius 1 is 1.31 bits per heavy atom. The number of amides is 1. The zero-order chi connectivity index (χ0) is 21.3. The van der Waals surface area contributed by atoms with Crippen LogP contribution in [0, 0.1) is 6.92 Å². The molecule has 3 aromatic rings. The minimum Gasteiger partial charge on any atom is -0.322 e. The molecule has 154 valence electrons. The lowest BCUT2D eigenvalue weighted by atomic mass is 10.2. The van der Waals surface area contributed by atoms with Crippen LogP contribution in [-0.4, -0.2) is 25.5 Å². The lowest BCUT2D eigenvalue weighted by Gasteiger charge is -2.13. The van der Waals surface area contributed by atoms with Crippen molar-refractivity contribution in [2.45, 2.75) is 32.6 Å². The van der Waals surface area contributed by atoms with Crippen LogP contribution in [0.3, 0.4) is 0 Å². The van der Waals surface area contributed by atoms with Gasteiger partial charge in [-0.25, -0.2) is 0 Å². The Morgan fingerprint density at radius 2 is 2.03 bits per heavy atom. The first-order chi connectivity index (χ1) is 13.6. The van der Waals surface area contributed by atoms with Crippen molar-refractivity contribution in [2.75, 3.05) is 5.32 Å². The Balaban J connectivity index is 1.72. The van der Waals surface area contributed by atoms with Crippen LogP contribution in [0.1, 0.15) is 29.9 Å². The highest BCUT2D eigenvalue weighted by atomic mass is 35.5. The first-order valence-corrected chi connectivity index (χ1v) is 9.21. The van der Waals surface area contributed by atoms with E-state index in [9.17, 15) is 18.0 Å². The van der Waals surface area contributed by atoms with Crippen molar-refractivity contribution in [2.24, 2.45) is 0 Å². The van der Waals surface area contributed by atoms with Gasteiger partial charge in [0.05, 0.1) is 29.1 Å². The molecule has 1 unspecified atom stereocenters. The first-order valence-electron chi connectivity index (χ1n) is 8.46. The predicted octanol–water partition coefficient (Wildman–Crippen LogP) is 4.96. The maximum absolute atomic E-state index is 13.0. The molecule has 1 atom stereocenters. The summed E-state index contributed by atoms with van der Waals surface area (Å²) in [6, 6.07) is 6.25. The molecular formula is C18H16Cl2F3N5O. The van der Waals surface area contributed by atoms with E-state index in [-0.39, 0.29) is 5.69 Å². The topological polar surface area (TPSA) is 64.7 Å². The van der Waals surface area contributed by atoms with E-state index in [1.54, 1.807) is 23.0 Å². The van der Waals surface area contributed by atoms with Gasteiger partial charge >= 0.3 is 6.18 Å². The van der Waals surface area contributed by atoms with Gasteiger partial charge in [0.2, 0.25) is 5.91 Å². The molecular weight excluding hydrogens is 430 g/mol. The summed E-state index contributed by atoms with van der Waals surface area (Å²) in [5.41, 5.74) is 0.160. The Bertz CT molecular complexity index is 1040. The zero-order valence-electron chi connectivity index (χ0n) is 15.3. The lowest BCUT2D eigenvalue weighted by Crippen LogP contribution is -2.25. The van der Waals surface area contributed by atoms with Crippen molar-refractivity contribution in [3.63, 3.8) is 0 Å². The van der Waals surface area contributed by atoms with Gasteiger partial charge in [0.15, 0.2) is 5.69 Å². The molecule has 2 aromatic heterocycles. The van der Waals surface area contributed by atoms with E-state index in [1.165, 1.54) is 20.0 Å². The molecule has 0 fully saturated rings. The van der Waals surface area contributed by atoms with Crippen molar-refractivity contribution < 1.29 is 18.0 Å². The van der Waals surface area contributed by atoms with Crippen LogP contribution in [-0.2, 0) is 17.5 Å². The van der Waals surface area contributed by atoms with Gasteiger partial charge in [-0.05, 0) is 31.5 Å². The molecule has 29 heavy (non-hydrogen) atoms. The number of anilines is 1. The molecule has 0 radical (unpaired) electrons. The van der Waals surface area contributed by atoms with Gasteiger partial charge in [0.1, 0.15) is 6.04 Å². The Kier molecular flexibility index (Phi) is 5.90. The number of halogens is 5. The smallest absolute Gasteiger partial charge is 0.322 e. The normalized spacial score (nSPS) is 12.8. The maximum atomic E-state index is 13.0. The largest absolute Gasteiger partial charge is 0.436 e. The summed E-state index contributed by atoms with van der Waals surface area (Å²) < 4.78 is 41.5. The van der Waals surface area contributed by atoms with Crippen LogP contribution in [0.15, 0.2) is 36.7 Å². The number of hydrogen-bond donors (Lipinski definition) is 1. The number of hydrogen-bond acceptors (Lipinski definition) is 3. The number of benzene rings is 1. The molecule has 0 aliphatic heterocycles. The number of rotatable bonds is 5. The molecule has 11 heteroatoms. The summed E-state index contributed by atoms with van der Waals surface area (Å²) in [6.45, 7) is 3.24. The molecule has 0 saturated carbocycles. The van der Waals surface area contributed by atoms with Gasteiger partial charge in [0, 0.05) is 11.2 Å². The number of alkyl halides is 3. The van der Waals surface area contributed by atoms with Gasteiger partial charge in [-0.15, -0.1) is 0 Å². The van der Waals surface area contributed by atoms with E-state index in [4.69, 9.17) is 23.2 Å². The number of carbonyl (C=O) groups is 1. The van der Waals surface area contributed by atoms with E-state index in [2.05, 4.69) is 15.5 Å². The first kappa shape index (κ1) is 21.2. The van der Waals surface area contributed by atoms with Crippen molar-refractivity contribution in [3.05, 3.63) is 63.7 Å². The molecule has 0 aliphatic carbocycles. The summed E-state index contributed by atoms with van der Waals surface area (Å²) >= 11 is 11.7. The molecule has 0 aliphatic rings. The fourth-order valence-corrected chi connectivity index (χ4v) is 3.20. The van der Waals surface area contributed by atoms with Gasteiger partial charge < -0.3 is 5.32 Å². The predicted molar refractivity (Wildman–Crippen MR) is 103 cm³/mol. The highest BCUT2D eigenvalue weighted by Gasteiger charge is 2.39. The maximum Gasteiger partial charge on any atom is 0.436 e. The third kappa shape index (κ3) is 4.73. The molecule has 2 heterocycles. The second kappa shape index (κ2) is 8.08. The zero-order valence-corrected chi connectivity index (χ0v) is 16.8. The van der Waals surface area contributed by atoms with Gasteiger partial charge in [-0.3, -0.25) is 14.2 Å². The molecule has 1 amide bonds. The summed E-state index contributed by atoms with van der Waals surface area (Å²) in [5, 5.41) is 10.3. The van der Waals surface area contributed by atoms with Crippen molar-refractivity contribution in [1.82, 2.24) is 19.6 Å². The van der Waals surface area contributed by atoms with Crippen LogP contribution in [0.2, 0.25) is 10.0 Å². The SMILES string of the molecule is Cc1c(Cl)c(C(F)(F)F)nn1C(C)C(=O)Nc1cnn(Cc2cccc(Cl)c2)c1. The van der Waals surface area contributed by atoms with Crippen LogP contribution < -0.4 is 5.32 Å². The van der Waals surface area contributed by atoms with Gasteiger partial charge in [0.25, 0.3) is 0 Å². The fourth-order valence-electron chi connectivity index (χ4n) is 2.75. The van der Waals surface area contributed by atoms with E-state index >= 15 is 0 Å². The van der Waals surface area contributed by atoms with Crippen LogP contribution in [0.5, 0.6) is 0 Å². The quantitative estimate of drug-likeness (QED) is 0.603. The number of nitrogens with zero attached hydrogens (tertiary/aromatic N) is 4. The monoisotopic (exact) mass is 445 g/mol. The molecule has 1 N–H and O–H groups in total. The van der Waals surface area contributed by atoms with Gasteiger partial charge in [-0.2, -0.15) is 23.4 Å². The lowest BCUT2D eigenvalue weighted by molar-refractivity contribution is -0.141. The summed E-state index contributed by atoms with van der Waals surface area (Å²) in [7, 11) is 0. The molecule has 0 saturated heterocycles. The summed E-state index contributed by atoms with van der Waals surface area (Å²) in [6.07, 6.45) is -1.65. The van der Waals surface area contributed by atoms with E-state index in [0.29, 0.717) is 17.3 Å². The summed E-state index contributed by atoms with van der Waals surface area (Å²) in [5.74, 6) is -0.553. The van der Waals surface area contributed by atoms with Crippen molar-refractivity contribution in [1.29, 1.82) is 0 Å². The molecule has 1 aromatic carbocycles. The van der Waals surface area contributed by atoms with Crippen LogP contribution >= 0.6 is 23.2 Å². The second-order valence-corrected chi connectivity index (χ2v) is 7.23. The Labute approximate surface area is 174 Å². The summed E-state index contributed by atoms with van der Waals surface area (Å²) in [4.78, 5) is 12.5. The Morgan fingerprint density at radius 3 is 2.66 bits per heavy atom. The van der Waals surface area contributed by atoms with Crippen molar-refractivity contribution in [3.8, 4) is 0 Å². The van der Waals surface area contributed by atoms with Gasteiger partial charge in [-0.1, -0.05) is 35.3 Å². The number of nitrogens with one attached hydrogen (secondary N) is 1. The Hall–Kier alpha value is -2.52. The number of carbonyl (C=O) groups excluding carboxylic acids is 1. The standard InChI is InChI=1S/C18H16Cl2F3N5O/c1-10-15(20)16(18(21,22)23)26-28(10)11(2)17(29)25-14-7-24-27(9-14)8-12-4-3-5-13(19)6-12/h3-7,9,11H,8H2,1-2H3,(H,25,29). The molecule has 0 bridgehead atoms. The van der Waals surface area contributed by atoms with Crippen LogP contribution in [0.4, 0.5) is 18.9 Å². The van der Waals surface area contributed by atoms with E-state index in [0.717, 1.165) is 10.2 Å². The highest BCUT2D eigenvalue weighted by Crippen LogP contribution is 2.36.